The van der Waals surface area contributed by atoms with Gasteiger partial charge in [0.25, 0.3) is 5.24 Å². The summed E-state index contributed by atoms with van der Waals surface area (Å²) in [5.74, 6) is 0. The molecule has 0 heterocycles. The normalized spacial score (nSPS) is 18.3. The van der Waals surface area contributed by atoms with Gasteiger partial charge in [0.1, 0.15) is 0 Å². The fourth-order valence-corrected chi connectivity index (χ4v) is 2.56. The Kier molecular flexibility index (Phi) is 2.59. The zero-order valence-corrected chi connectivity index (χ0v) is 9.90. The van der Waals surface area contributed by atoms with Gasteiger partial charge in [0.15, 0.2) is 0 Å². The monoisotopic (exact) mass is 222 g/mol. The molecule has 1 aliphatic carbocycles. The SMILES string of the molecule is CC1(C)CCCc2cc(C(=O)Cl)ccc21. The number of halogens is 1. The highest BCUT2D eigenvalue weighted by atomic mass is 35.5. The van der Waals surface area contributed by atoms with Crippen molar-refractivity contribution < 1.29 is 4.79 Å². The van der Waals surface area contributed by atoms with Crippen molar-refractivity contribution in [3.8, 4) is 0 Å². The lowest BCUT2D eigenvalue weighted by molar-refractivity contribution is 0.108. The number of carbonyl (C=O) groups excluding carboxylic acids is 1. The molecule has 0 saturated heterocycles. The molecule has 0 radical (unpaired) electrons. The maximum atomic E-state index is 11.1. The molecule has 1 nitrogen and oxygen atoms in total. The minimum atomic E-state index is -0.360. The van der Waals surface area contributed by atoms with E-state index in [1.807, 2.05) is 12.1 Å². The van der Waals surface area contributed by atoms with Crippen molar-refractivity contribution in [2.45, 2.75) is 38.5 Å². The summed E-state index contributed by atoms with van der Waals surface area (Å²) in [7, 11) is 0. The van der Waals surface area contributed by atoms with Gasteiger partial charge in [0.05, 0.1) is 0 Å². The number of rotatable bonds is 1. The van der Waals surface area contributed by atoms with Gasteiger partial charge in [-0.05, 0) is 59.5 Å². The Morgan fingerprint density at radius 1 is 1.40 bits per heavy atom. The van der Waals surface area contributed by atoms with Gasteiger partial charge in [-0.2, -0.15) is 0 Å². The Bertz CT molecular complexity index is 407. The molecule has 0 bridgehead atoms. The van der Waals surface area contributed by atoms with Crippen LogP contribution < -0.4 is 0 Å². The van der Waals surface area contributed by atoms with Crippen molar-refractivity contribution in [2.75, 3.05) is 0 Å². The van der Waals surface area contributed by atoms with Gasteiger partial charge in [-0.15, -0.1) is 0 Å². The third-order valence-corrected chi connectivity index (χ3v) is 3.53. The minimum absolute atomic E-state index is 0.238. The quantitative estimate of drug-likeness (QED) is 0.663. The summed E-state index contributed by atoms with van der Waals surface area (Å²) in [6.07, 6.45) is 3.48. The maximum Gasteiger partial charge on any atom is 0.252 e. The summed E-state index contributed by atoms with van der Waals surface area (Å²) in [5, 5.41) is -0.360. The van der Waals surface area contributed by atoms with Crippen LogP contribution in [0.25, 0.3) is 0 Å². The molecular formula is C13H15ClO. The molecule has 0 fully saturated rings. The van der Waals surface area contributed by atoms with E-state index in [0.29, 0.717) is 5.56 Å². The lowest BCUT2D eigenvalue weighted by Gasteiger charge is -2.32. The van der Waals surface area contributed by atoms with E-state index < -0.39 is 0 Å². The largest absolute Gasteiger partial charge is 0.276 e. The molecule has 0 N–H and O–H groups in total. The molecular weight excluding hydrogens is 208 g/mol. The van der Waals surface area contributed by atoms with Crippen LogP contribution in [0.4, 0.5) is 0 Å². The average molecular weight is 223 g/mol. The van der Waals surface area contributed by atoms with Crippen LogP contribution in [0, 0.1) is 0 Å². The summed E-state index contributed by atoms with van der Waals surface area (Å²) >= 11 is 5.48. The minimum Gasteiger partial charge on any atom is -0.276 e. The molecule has 0 aliphatic heterocycles. The van der Waals surface area contributed by atoms with Gasteiger partial charge in [-0.25, -0.2) is 0 Å². The van der Waals surface area contributed by atoms with Crippen molar-refractivity contribution >= 4 is 16.8 Å². The molecule has 0 amide bonds. The van der Waals surface area contributed by atoms with Gasteiger partial charge in [0.2, 0.25) is 0 Å². The van der Waals surface area contributed by atoms with Crippen LogP contribution in [0.15, 0.2) is 18.2 Å². The molecule has 80 valence electrons. The molecule has 0 saturated carbocycles. The highest BCUT2D eigenvalue weighted by molar-refractivity contribution is 6.67. The number of benzene rings is 1. The lowest BCUT2D eigenvalue weighted by atomic mass is 9.72. The first-order valence-corrected chi connectivity index (χ1v) is 5.72. The van der Waals surface area contributed by atoms with E-state index in [4.69, 9.17) is 11.6 Å². The molecule has 2 rings (SSSR count). The van der Waals surface area contributed by atoms with Crippen LogP contribution in [-0.2, 0) is 11.8 Å². The topological polar surface area (TPSA) is 17.1 Å². The van der Waals surface area contributed by atoms with Crippen LogP contribution in [0.1, 0.15) is 48.2 Å². The van der Waals surface area contributed by atoms with E-state index in [2.05, 4.69) is 19.9 Å². The van der Waals surface area contributed by atoms with Gasteiger partial charge in [-0.3, -0.25) is 4.79 Å². The van der Waals surface area contributed by atoms with E-state index in [0.717, 1.165) is 6.42 Å². The first kappa shape index (κ1) is 10.7. The molecule has 1 aromatic rings. The highest BCUT2D eigenvalue weighted by Crippen LogP contribution is 2.37. The van der Waals surface area contributed by atoms with Gasteiger partial charge in [0, 0.05) is 5.56 Å². The van der Waals surface area contributed by atoms with Crippen LogP contribution in [-0.4, -0.2) is 5.24 Å². The first-order chi connectivity index (χ1) is 7.00. The van der Waals surface area contributed by atoms with Crippen molar-refractivity contribution in [3.63, 3.8) is 0 Å². The van der Waals surface area contributed by atoms with E-state index in [9.17, 15) is 4.79 Å². The van der Waals surface area contributed by atoms with Crippen LogP contribution in [0.3, 0.4) is 0 Å². The summed E-state index contributed by atoms with van der Waals surface area (Å²) in [5.41, 5.74) is 3.52. The van der Waals surface area contributed by atoms with Crippen LogP contribution in [0.2, 0.25) is 0 Å². The first-order valence-electron chi connectivity index (χ1n) is 5.34. The average Bonchev–Trinajstić information content (AvgIpc) is 2.16. The van der Waals surface area contributed by atoms with Crippen LogP contribution in [0.5, 0.6) is 0 Å². The second-order valence-electron chi connectivity index (χ2n) is 4.88. The highest BCUT2D eigenvalue weighted by Gasteiger charge is 2.27. The molecule has 0 atom stereocenters. The lowest BCUT2D eigenvalue weighted by Crippen LogP contribution is -2.23. The Hall–Kier alpha value is -0.820. The van der Waals surface area contributed by atoms with Crippen molar-refractivity contribution in [3.05, 3.63) is 34.9 Å². The molecule has 0 aromatic heterocycles. The summed E-state index contributed by atoms with van der Waals surface area (Å²) in [4.78, 5) is 11.1. The number of carbonyl (C=O) groups is 1. The second kappa shape index (κ2) is 3.64. The van der Waals surface area contributed by atoms with Gasteiger partial charge in [-0.1, -0.05) is 19.9 Å². The Morgan fingerprint density at radius 2 is 2.13 bits per heavy atom. The van der Waals surface area contributed by atoms with Crippen LogP contribution >= 0.6 is 11.6 Å². The zero-order chi connectivity index (χ0) is 11.1. The fraction of sp³-hybridized carbons (Fsp3) is 0.462. The second-order valence-corrected chi connectivity index (χ2v) is 5.23. The molecule has 1 aliphatic rings. The molecule has 0 unspecified atom stereocenters. The standard InChI is InChI=1S/C13H15ClO/c1-13(2)7-3-4-9-8-10(12(14)15)5-6-11(9)13/h5-6,8H,3-4,7H2,1-2H3. The molecule has 15 heavy (non-hydrogen) atoms. The van der Waals surface area contributed by atoms with Gasteiger partial charge < -0.3 is 0 Å². The summed E-state index contributed by atoms with van der Waals surface area (Å²) in [6, 6.07) is 5.84. The van der Waals surface area contributed by atoms with Crippen molar-refractivity contribution in [1.29, 1.82) is 0 Å². The Morgan fingerprint density at radius 3 is 2.80 bits per heavy atom. The molecule has 0 spiro atoms. The summed E-state index contributed by atoms with van der Waals surface area (Å²) < 4.78 is 0. The molecule has 1 aromatic carbocycles. The van der Waals surface area contributed by atoms with Gasteiger partial charge >= 0.3 is 0 Å². The smallest absolute Gasteiger partial charge is 0.252 e. The maximum absolute atomic E-state index is 11.1. The Balaban J connectivity index is 2.50. The zero-order valence-electron chi connectivity index (χ0n) is 9.14. The fourth-order valence-electron chi connectivity index (χ4n) is 2.44. The molecule has 2 heteroatoms. The van der Waals surface area contributed by atoms with Crippen molar-refractivity contribution in [2.24, 2.45) is 0 Å². The third-order valence-electron chi connectivity index (χ3n) is 3.31. The van der Waals surface area contributed by atoms with E-state index >= 15 is 0 Å². The number of aryl methyl sites for hydroxylation is 1. The van der Waals surface area contributed by atoms with E-state index in [1.165, 1.54) is 24.0 Å². The van der Waals surface area contributed by atoms with Crippen molar-refractivity contribution in [1.82, 2.24) is 0 Å². The van der Waals surface area contributed by atoms with E-state index in [-0.39, 0.29) is 10.7 Å². The third kappa shape index (κ3) is 1.93. The predicted octanol–water partition coefficient (Wildman–Crippen LogP) is 3.68. The number of fused-ring (bicyclic) bond motifs is 1. The summed E-state index contributed by atoms with van der Waals surface area (Å²) in [6.45, 7) is 4.51. The number of hydrogen-bond acceptors (Lipinski definition) is 1. The van der Waals surface area contributed by atoms with E-state index in [1.54, 1.807) is 0 Å². The number of hydrogen-bond donors (Lipinski definition) is 0. The Labute approximate surface area is 95.4 Å². The predicted molar refractivity (Wildman–Crippen MR) is 62.6 cm³/mol.